The molecule has 0 fully saturated rings. The summed E-state index contributed by atoms with van der Waals surface area (Å²) in [5, 5.41) is 9.88. The first-order chi connectivity index (χ1) is 9.74. The maximum atomic E-state index is 9.88. The van der Waals surface area contributed by atoms with Crippen LogP contribution in [0.15, 0.2) is 22.7 Å². The Bertz CT molecular complexity index is 681. The van der Waals surface area contributed by atoms with Crippen LogP contribution in [0.5, 0.6) is 11.5 Å². The molecule has 0 amide bonds. The fourth-order valence-corrected chi connectivity index (χ4v) is 2.69. The lowest BCUT2D eigenvalue weighted by molar-refractivity contribution is 0.373. The molecule has 1 aromatic heterocycles. The van der Waals surface area contributed by atoms with E-state index in [1.165, 1.54) is 7.11 Å². The molecule has 112 valence electrons. The van der Waals surface area contributed by atoms with E-state index in [0.29, 0.717) is 27.4 Å². The highest BCUT2D eigenvalue weighted by Gasteiger charge is 2.23. The van der Waals surface area contributed by atoms with E-state index in [1.807, 2.05) is 0 Å². The van der Waals surface area contributed by atoms with Crippen LogP contribution >= 0.6 is 15.9 Å². The van der Waals surface area contributed by atoms with Crippen molar-refractivity contribution in [3.63, 3.8) is 0 Å². The number of phenolic OH excluding ortho intramolecular Hbond substituents is 1. The third-order valence-corrected chi connectivity index (χ3v) is 3.81. The van der Waals surface area contributed by atoms with Crippen LogP contribution in [0.1, 0.15) is 26.5 Å². The fraction of sp³-hybridized carbons (Fsp3) is 0.333. The Morgan fingerprint density at radius 2 is 1.90 bits per heavy atom. The van der Waals surface area contributed by atoms with E-state index in [1.54, 1.807) is 18.2 Å². The van der Waals surface area contributed by atoms with Crippen molar-refractivity contribution in [2.45, 2.75) is 26.2 Å². The standard InChI is InChI=1S/C15H18BrN3O2/c1-15(2,3)12-11(16)13(17)19-14(18-12)8-5-6-10(21-4)9(20)7-8/h5-7,20H,1-4H3,(H2,17,18,19). The number of hydrogen-bond donors (Lipinski definition) is 2. The first-order valence-electron chi connectivity index (χ1n) is 6.45. The summed E-state index contributed by atoms with van der Waals surface area (Å²) in [5.74, 6) is 1.29. The van der Waals surface area contributed by atoms with Gasteiger partial charge in [-0.05, 0) is 34.1 Å². The smallest absolute Gasteiger partial charge is 0.161 e. The van der Waals surface area contributed by atoms with Crippen molar-refractivity contribution < 1.29 is 9.84 Å². The Hall–Kier alpha value is -1.82. The van der Waals surface area contributed by atoms with Crippen LogP contribution in [0.2, 0.25) is 0 Å². The number of anilines is 1. The van der Waals surface area contributed by atoms with Crippen molar-refractivity contribution in [3.8, 4) is 22.9 Å². The van der Waals surface area contributed by atoms with E-state index in [2.05, 4.69) is 46.7 Å². The number of phenols is 1. The van der Waals surface area contributed by atoms with Crippen LogP contribution in [0.25, 0.3) is 11.4 Å². The van der Waals surface area contributed by atoms with E-state index < -0.39 is 0 Å². The topological polar surface area (TPSA) is 81.3 Å². The quantitative estimate of drug-likeness (QED) is 0.865. The number of ether oxygens (including phenoxy) is 1. The lowest BCUT2D eigenvalue weighted by Gasteiger charge is -2.21. The van der Waals surface area contributed by atoms with Crippen molar-refractivity contribution in [2.24, 2.45) is 0 Å². The van der Waals surface area contributed by atoms with Gasteiger partial charge in [-0.25, -0.2) is 9.97 Å². The normalized spacial score (nSPS) is 11.5. The molecular formula is C15H18BrN3O2. The Balaban J connectivity index is 2.60. The molecule has 0 radical (unpaired) electrons. The lowest BCUT2D eigenvalue weighted by Crippen LogP contribution is -2.17. The maximum Gasteiger partial charge on any atom is 0.161 e. The molecule has 0 aliphatic rings. The van der Waals surface area contributed by atoms with Gasteiger partial charge in [0.1, 0.15) is 5.82 Å². The van der Waals surface area contributed by atoms with Crippen molar-refractivity contribution in [2.75, 3.05) is 12.8 Å². The molecule has 0 atom stereocenters. The molecule has 0 saturated carbocycles. The Labute approximate surface area is 132 Å². The summed E-state index contributed by atoms with van der Waals surface area (Å²) in [6, 6.07) is 5.02. The van der Waals surface area contributed by atoms with Crippen molar-refractivity contribution in [1.82, 2.24) is 9.97 Å². The second kappa shape index (κ2) is 5.52. The average Bonchev–Trinajstić information content (AvgIpc) is 2.40. The lowest BCUT2D eigenvalue weighted by atomic mass is 9.91. The van der Waals surface area contributed by atoms with Gasteiger partial charge in [0.2, 0.25) is 0 Å². The van der Waals surface area contributed by atoms with Crippen LogP contribution in [0, 0.1) is 0 Å². The van der Waals surface area contributed by atoms with Gasteiger partial charge in [0.15, 0.2) is 17.3 Å². The second-order valence-corrected chi connectivity index (χ2v) is 6.52. The van der Waals surface area contributed by atoms with E-state index >= 15 is 0 Å². The summed E-state index contributed by atoms with van der Waals surface area (Å²) >= 11 is 3.44. The minimum absolute atomic E-state index is 0.0393. The highest BCUT2D eigenvalue weighted by Crippen LogP contribution is 2.35. The SMILES string of the molecule is COc1ccc(-c2nc(N)c(Br)c(C(C)(C)C)n2)cc1O. The Kier molecular flexibility index (Phi) is 4.09. The van der Waals surface area contributed by atoms with E-state index in [0.717, 1.165) is 5.69 Å². The number of benzene rings is 1. The Morgan fingerprint density at radius 1 is 1.24 bits per heavy atom. The summed E-state index contributed by atoms with van der Waals surface area (Å²) in [5.41, 5.74) is 7.28. The molecule has 0 unspecified atom stereocenters. The number of methoxy groups -OCH3 is 1. The van der Waals surface area contributed by atoms with Crippen molar-refractivity contribution in [1.29, 1.82) is 0 Å². The van der Waals surface area contributed by atoms with Gasteiger partial charge in [0.05, 0.1) is 17.3 Å². The molecular weight excluding hydrogens is 334 g/mol. The first-order valence-corrected chi connectivity index (χ1v) is 7.24. The van der Waals surface area contributed by atoms with E-state index in [9.17, 15) is 5.11 Å². The zero-order valence-electron chi connectivity index (χ0n) is 12.4. The number of nitrogens with zero attached hydrogens (tertiary/aromatic N) is 2. The summed E-state index contributed by atoms with van der Waals surface area (Å²) in [4.78, 5) is 8.86. The molecule has 3 N–H and O–H groups in total. The summed E-state index contributed by atoms with van der Waals surface area (Å²) in [7, 11) is 1.50. The minimum Gasteiger partial charge on any atom is -0.504 e. The zero-order chi connectivity index (χ0) is 15.8. The minimum atomic E-state index is -0.181. The largest absolute Gasteiger partial charge is 0.504 e. The van der Waals surface area contributed by atoms with Crippen molar-refractivity contribution >= 4 is 21.7 Å². The van der Waals surface area contributed by atoms with Gasteiger partial charge in [0, 0.05) is 11.0 Å². The summed E-state index contributed by atoms with van der Waals surface area (Å²) in [6.45, 7) is 6.15. The van der Waals surface area contributed by atoms with E-state index in [-0.39, 0.29) is 11.2 Å². The van der Waals surface area contributed by atoms with Gasteiger partial charge in [-0.2, -0.15) is 0 Å². The number of rotatable bonds is 2. The molecule has 1 heterocycles. The maximum absolute atomic E-state index is 9.88. The van der Waals surface area contributed by atoms with Crippen LogP contribution in [-0.2, 0) is 5.41 Å². The molecule has 0 spiro atoms. The average molecular weight is 352 g/mol. The third kappa shape index (κ3) is 3.10. The van der Waals surface area contributed by atoms with Gasteiger partial charge < -0.3 is 15.6 Å². The molecule has 0 saturated heterocycles. The van der Waals surface area contributed by atoms with Gasteiger partial charge in [-0.15, -0.1) is 0 Å². The molecule has 21 heavy (non-hydrogen) atoms. The van der Waals surface area contributed by atoms with Crippen LogP contribution in [0.4, 0.5) is 5.82 Å². The molecule has 0 aliphatic heterocycles. The molecule has 6 heteroatoms. The third-order valence-electron chi connectivity index (χ3n) is 3.02. The van der Waals surface area contributed by atoms with Crippen LogP contribution < -0.4 is 10.5 Å². The van der Waals surface area contributed by atoms with E-state index in [4.69, 9.17) is 10.5 Å². The zero-order valence-corrected chi connectivity index (χ0v) is 14.0. The number of aromatic nitrogens is 2. The van der Waals surface area contributed by atoms with Gasteiger partial charge in [0.25, 0.3) is 0 Å². The number of nitrogen functional groups attached to an aromatic ring is 1. The highest BCUT2D eigenvalue weighted by atomic mass is 79.9. The van der Waals surface area contributed by atoms with Gasteiger partial charge >= 0.3 is 0 Å². The molecule has 0 aliphatic carbocycles. The molecule has 2 aromatic rings. The fourth-order valence-electron chi connectivity index (χ4n) is 1.92. The second-order valence-electron chi connectivity index (χ2n) is 5.73. The number of aromatic hydroxyl groups is 1. The molecule has 0 bridgehead atoms. The molecule has 2 rings (SSSR count). The first kappa shape index (κ1) is 15.6. The predicted octanol–water partition coefficient (Wildman–Crippen LogP) is 3.50. The predicted molar refractivity (Wildman–Crippen MR) is 86.5 cm³/mol. The number of hydrogen-bond acceptors (Lipinski definition) is 5. The number of nitrogens with two attached hydrogens (primary N) is 1. The number of halogens is 1. The highest BCUT2D eigenvalue weighted by molar-refractivity contribution is 9.10. The summed E-state index contributed by atoms with van der Waals surface area (Å²) in [6.07, 6.45) is 0. The van der Waals surface area contributed by atoms with Gasteiger partial charge in [-0.3, -0.25) is 0 Å². The molecule has 5 nitrogen and oxygen atoms in total. The monoisotopic (exact) mass is 351 g/mol. The van der Waals surface area contributed by atoms with Crippen LogP contribution in [-0.4, -0.2) is 22.2 Å². The van der Waals surface area contributed by atoms with Crippen LogP contribution in [0.3, 0.4) is 0 Å². The summed E-state index contributed by atoms with van der Waals surface area (Å²) < 4.78 is 5.74. The van der Waals surface area contributed by atoms with Crippen molar-refractivity contribution in [3.05, 3.63) is 28.4 Å². The molecule has 1 aromatic carbocycles. The Morgan fingerprint density at radius 3 is 2.43 bits per heavy atom. The van der Waals surface area contributed by atoms with Gasteiger partial charge in [-0.1, -0.05) is 20.8 Å².